The number of nitrogens with zero attached hydrogens (tertiary/aromatic N) is 2. The number of ether oxygens (including phenoxy) is 1. The molecule has 0 saturated heterocycles. The SMILES string of the molecule is CCOc1[nH]c(C)cc(=O)c1CNC(=O)c1cc(Cl)cc(N(CC)C2CCC(N(C)C)CC2)c1C. The highest BCUT2D eigenvalue weighted by atomic mass is 35.5. The molecule has 1 saturated carbocycles. The largest absolute Gasteiger partial charge is 0.479 e. The van der Waals surface area contributed by atoms with Gasteiger partial charge in [-0.15, -0.1) is 0 Å². The number of nitrogens with one attached hydrogen (secondary N) is 2. The lowest BCUT2D eigenvalue weighted by Crippen LogP contribution is -2.42. The molecule has 1 aromatic heterocycles. The molecule has 1 fully saturated rings. The summed E-state index contributed by atoms with van der Waals surface area (Å²) >= 11 is 6.51. The van der Waals surface area contributed by atoms with E-state index in [1.807, 2.05) is 19.9 Å². The fourth-order valence-electron chi connectivity index (χ4n) is 5.10. The Morgan fingerprint density at radius 1 is 1.11 bits per heavy atom. The number of pyridine rings is 1. The summed E-state index contributed by atoms with van der Waals surface area (Å²) in [6.45, 7) is 9.10. The van der Waals surface area contributed by atoms with Crippen LogP contribution in [-0.2, 0) is 6.54 Å². The summed E-state index contributed by atoms with van der Waals surface area (Å²) in [6.07, 6.45) is 4.55. The summed E-state index contributed by atoms with van der Waals surface area (Å²) < 4.78 is 5.60. The molecule has 7 nitrogen and oxygen atoms in total. The predicted octanol–water partition coefficient (Wildman–Crippen LogP) is 4.67. The number of aromatic amines is 1. The van der Waals surface area contributed by atoms with E-state index in [0.717, 1.165) is 43.5 Å². The molecule has 0 atom stereocenters. The molecule has 1 heterocycles. The number of halogens is 1. The Kier molecular flexibility index (Phi) is 9.25. The third-order valence-corrected chi connectivity index (χ3v) is 7.24. The Labute approximate surface area is 213 Å². The Bertz CT molecular complexity index is 1090. The molecule has 1 aliphatic carbocycles. The lowest BCUT2D eigenvalue weighted by Gasteiger charge is -2.40. The van der Waals surface area contributed by atoms with Crippen molar-refractivity contribution in [2.75, 3.05) is 32.1 Å². The van der Waals surface area contributed by atoms with Crippen molar-refractivity contribution in [1.29, 1.82) is 0 Å². The fourth-order valence-corrected chi connectivity index (χ4v) is 5.31. The van der Waals surface area contributed by atoms with E-state index < -0.39 is 0 Å². The van der Waals surface area contributed by atoms with Crippen molar-refractivity contribution in [2.24, 2.45) is 0 Å². The molecule has 35 heavy (non-hydrogen) atoms. The van der Waals surface area contributed by atoms with E-state index in [-0.39, 0.29) is 17.9 Å². The first-order chi connectivity index (χ1) is 16.7. The summed E-state index contributed by atoms with van der Waals surface area (Å²) in [5, 5.41) is 3.43. The second kappa shape index (κ2) is 12.0. The first kappa shape index (κ1) is 27.1. The second-order valence-electron chi connectivity index (χ2n) is 9.55. The van der Waals surface area contributed by atoms with Gasteiger partial charge in [0.2, 0.25) is 0 Å². The number of hydrogen-bond acceptors (Lipinski definition) is 5. The monoisotopic (exact) mass is 502 g/mol. The van der Waals surface area contributed by atoms with Gasteiger partial charge < -0.3 is 24.8 Å². The number of H-pyrrole nitrogens is 1. The highest BCUT2D eigenvalue weighted by molar-refractivity contribution is 6.31. The number of aromatic nitrogens is 1. The van der Waals surface area contributed by atoms with Gasteiger partial charge in [0.1, 0.15) is 0 Å². The lowest BCUT2D eigenvalue weighted by molar-refractivity contribution is 0.0950. The number of carbonyl (C=O) groups is 1. The zero-order chi connectivity index (χ0) is 25.7. The number of amides is 1. The molecule has 0 aliphatic heterocycles. The molecular weight excluding hydrogens is 464 g/mol. The second-order valence-corrected chi connectivity index (χ2v) is 9.99. The van der Waals surface area contributed by atoms with Crippen molar-refractivity contribution in [3.63, 3.8) is 0 Å². The van der Waals surface area contributed by atoms with Gasteiger partial charge in [0.15, 0.2) is 11.3 Å². The van der Waals surface area contributed by atoms with E-state index in [9.17, 15) is 9.59 Å². The van der Waals surface area contributed by atoms with Crippen LogP contribution in [0.1, 0.15) is 66.7 Å². The molecule has 8 heteroatoms. The van der Waals surface area contributed by atoms with Gasteiger partial charge in [-0.1, -0.05) is 11.6 Å². The summed E-state index contributed by atoms with van der Waals surface area (Å²) in [4.78, 5) is 33.6. The van der Waals surface area contributed by atoms with Gasteiger partial charge in [0.05, 0.1) is 18.7 Å². The van der Waals surface area contributed by atoms with Gasteiger partial charge in [0, 0.05) is 46.7 Å². The van der Waals surface area contributed by atoms with Crippen LogP contribution >= 0.6 is 11.6 Å². The number of benzene rings is 1. The molecule has 2 N–H and O–H groups in total. The first-order valence-corrected chi connectivity index (χ1v) is 12.9. The summed E-state index contributed by atoms with van der Waals surface area (Å²) in [7, 11) is 4.30. The molecule has 1 amide bonds. The summed E-state index contributed by atoms with van der Waals surface area (Å²) in [6, 6.07) is 6.22. The quantitative estimate of drug-likeness (QED) is 0.521. The normalized spacial score (nSPS) is 17.9. The number of anilines is 1. The molecule has 0 unspecified atom stereocenters. The number of aryl methyl sites for hydroxylation is 1. The van der Waals surface area contributed by atoms with E-state index in [2.05, 4.69) is 41.1 Å². The maximum absolute atomic E-state index is 13.2. The van der Waals surface area contributed by atoms with Crippen molar-refractivity contribution in [3.8, 4) is 5.88 Å². The van der Waals surface area contributed by atoms with Gasteiger partial charge in [-0.25, -0.2) is 0 Å². The first-order valence-electron chi connectivity index (χ1n) is 12.5. The molecular formula is C27H39ClN4O3. The lowest BCUT2D eigenvalue weighted by atomic mass is 9.89. The maximum atomic E-state index is 13.2. The molecule has 3 rings (SSSR count). The van der Waals surface area contributed by atoms with Crippen molar-refractivity contribution < 1.29 is 9.53 Å². The van der Waals surface area contributed by atoms with E-state index in [4.69, 9.17) is 16.3 Å². The topological polar surface area (TPSA) is 77.7 Å². The molecule has 192 valence electrons. The minimum absolute atomic E-state index is 0.0666. The number of rotatable bonds is 9. The highest BCUT2D eigenvalue weighted by Gasteiger charge is 2.28. The standard InChI is InChI=1S/C27H39ClN4O3/c1-7-32(21-11-9-20(10-12-21)31(5)6)24-15-19(28)14-22(18(24)4)26(34)29-16-23-25(33)13-17(3)30-27(23)35-8-2/h13-15,20-21H,7-12,16H2,1-6H3,(H,29,34)(H,30,33). The van der Waals surface area contributed by atoms with Crippen molar-refractivity contribution >= 4 is 23.2 Å². The number of carbonyl (C=O) groups excluding carboxylic acids is 1. The molecule has 0 bridgehead atoms. The minimum atomic E-state index is -0.263. The zero-order valence-corrected chi connectivity index (χ0v) is 22.6. The van der Waals surface area contributed by atoms with Gasteiger partial charge in [-0.05, 0) is 85.2 Å². The third-order valence-electron chi connectivity index (χ3n) is 7.02. The van der Waals surface area contributed by atoms with Gasteiger partial charge in [0.25, 0.3) is 5.91 Å². The van der Waals surface area contributed by atoms with Crippen LogP contribution in [0.5, 0.6) is 5.88 Å². The molecule has 1 aliphatic rings. The van der Waals surface area contributed by atoms with Crippen LogP contribution in [0, 0.1) is 13.8 Å². The fraction of sp³-hybridized carbons (Fsp3) is 0.556. The van der Waals surface area contributed by atoms with Crippen molar-refractivity contribution in [1.82, 2.24) is 15.2 Å². The summed E-state index contributed by atoms with van der Waals surface area (Å²) in [5.74, 6) is 0.132. The Morgan fingerprint density at radius 2 is 1.77 bits per heavy atom. The van der Waals surface area contributed by atoms with Gasteiger partial charge >= 0.3 is 0 Å². The minimum Gasteiger partial charge on any atom is -0.479 e. The third kappa shape index (κ3) is 6.39. The average molecular weight is 503 g/mol. The smallest absolute Gasteiger partial charge is 0.251 e. The van der Waals surface area contributed by atoms with Crippen LogP contribution in [0.4, 0.5) is 5.69 Å². The van der Waals surface area contributed by atoms with Crippen LogP contribution in [0.2, 0.25) is 5.02 Å². The van der Waals surface area contributed by atoms with Crippen LogP contribution in [0.15, 0.2) is 23.0 Å². The van der Waals surface area contributed by atoms with E-state index in [1.165, 1.54) is 6.07 Å². The Hall–Kier alpha value is -2.51. The van der Waals surface area contributed by atoms with Crippen molar-refractivity contribution in [2.45, 2.75) is 72.0 Å². The van der Waals surface area contributed by atoms with Gasteiger partial charge in [-0.2, -0.15) is 0 Å². The van der Waals surface area contributed by atoms with Crippen molar-refractivity contribution in [3.05, 3.63) is 55.8 Å². The summed E-state index contributed by atoms with van der Waals surface area (Å²) in [5.41, 5.74) is 3.36. The molecule has 0 radical (unpaired) electrons. The zero-order valence-electron chi connectivity index (χ0n) is 21.8. The van der Waals surface area contributed by atoms with Crippen LogP contribution in [-0.4, -0.2) is 55.1 Å². The number of hydrogen-bond donors (Lipinski definition) is 2. The maximum Gasteiger partial charge on any atom is 0.251 e. The van der Waals surface area contributed by atoms with E-state index >= 15 is 0 Å². The predicted molar refractivity (Wildman–Crippen MR) is 143 cm³/mol. The highest BCUT2D eigenvalue weighted by Crippen LogP contribution is 2.34. The van der Waals surface area contributed by atoms with E-state index in [0.29, 0.717) is 46.4 Å². The van der Waals surface area contributed by atoms with Crippen LogP contribution < -0.4 is 20.4 Å². The Morgan fingerprint density at radius 3 is 2.37 bits per heavy atom. The average Bonchev–Trinajstić information content (AvgIpc) is 2.81. The Balaban J connectivity index is 1.82. The van der Waals surface area contributed by atoms with E-state index in [1.54, 1.807) is 13.0 Å². The van der Waals surface area contributed by atoms with Gasteiger partial charge in [-0.3, -0.25) is 9.59 Å². The van der Waals surface area contributed by atoms with Crippen LogP contribution in [0.25, 0.3) is 0 Å². The molecule has 1 aromatic carbocycles. The van der Waals surface area contributed by atoms with Crippen LogP contribution in [0.3, 0.4) is 0 Å². The molecule has 2 aromatic rings. The molecule has 0 spiro atoms.